The first-order chi connectivity index (χ1) is 8.85. The number of nitrogens with two attached hydrogens (primary N) is 1. The Labute approximate surface area is 112 Å². The van der Waals surface area contributed by atoms with E-state index in [2.05, 4.69) is 4.90 Å². The van der Waals surface area contributed by atoms with Gasteiger partial charge >= 0.3 is 0 Å². The van der Waals surface area contributed by atoms with E-state index in [1.807, 2.05) is 0 Å². The molecule has 0 spiro atoms. The highest BCUT2D eigenvalue weighted by Crippen LogP contribution is 2.06. The first-order valence-electron chi connectivity index (χ1n) is 7.49. The molecule has 0 amide bonds. The van der Waals surface area contributed by atoms with E-state index in [1.165, 1.54) is 25.7 Å². The summed E-state index contributed by atoms with van der Waals surface area (Å²) in [6, 6.07) is 0. The molecule has 0 heterocycles. The number of aliphatic hydroxyl groups excluding tert-OH is 2. The molecule has 4 N–H and O–H groups in total. The summed E-state index contributed by atoms with van der Waals surface area (Å²) in [5.74, 6) is 0. The Morgan fingerprint density at radius 1 is 0.611 bits per heavy atom. The Kier molecular flexibility index (Phi) is 14.8. The molecule has 0 fully saturated rings. The van der Waals surface area contributed by atoms with Gasteiger partial charge in [-0.05, 0) is 45.2 Å². The zero-order valence-corrected chi connectivity index (χ0v) is 11.8. The van der Waals surface area contributed by atoms with Gasteiger partial charge in [-0.25, -0.2) is 0 Å². The van der Waals surface area contributed by atoms with Crippen LogP contribution < -0.4 is 5.73 Å². The lowest BCUT2D eigenvalue weighted by Gasteiger charge is -2.19. The largest absolute Gasteiger partial charge is 0.396 e. The van der Waals surface area contributed by atoms with Crippen LogP contribution in [0.3, 0.4) is 0 Å². The molecule has 0 radical (unpaired) electrons. The number of aliphatic hydroxyl groups is 2. The average molecular weight is 260 g/mol. The lowest BCUT2D eigenvalue weighted by molar-refractivity contribution is 0.252. The molecule has 0 aliphatic heterocycles. The minimum absolute atomic E-state index is 0.302. The van der Waals surface area contributed by atoms with Gasteiger partial charge in [-0.2, -0.15) is 0 Å². The predicted octanol–water partition coefficient (Wildman–Crippen LogP) is 1.70. The molecule has 0 saturated heterocycles. The van der Waals surface area contributed by atoms with Crippen LogP contribution in [0.1, 0.15) is 57.8 Å². The molecular formula is C14H32N2O2. The fraction of sp³-hybridized carbons (Fsp3) is 1.00. The summed E-state index contributed by atoms with van der Waals surface area (Å²) < 4.78 is 0. The molecule has 0 aromatic heterocycles. The number of rotatable bonds is 14. The Morgan fingerprint density at radius 2 is 1.00 bits per heavy atom. The van der Waals surface area contributed by atoms with Gasteiger partial charge in [-0.1, -0.05) is 25.7 Å². The van der Waals surface area contributed by atoms with Crippen molar-refractivity contribution in [3.8, 4) is 0 Å². The van der Waals surface area contributed by atoms with Gasteiger partial charge < -0.3 is 15.9 Å². The van der Waals surface area contributed by atoms with E-state index < -0.39 is 0 Å². The van der Waals surface area contributed by atoms with Gasteiger partial charge in [-0.15, -0.1) is 0 Å². The first kappa shape index (κ1) is 17.8. The molecule has 4 heteroatoms. The number of hydrogen-bond acceptors (Lipinski definition) is 4. The summed E-state index contributed by atoms with van der Waals surface area (Å²) >= 11 is 0. The monoisotopic (exact) mass is 260 g/mol. The van der Waals surface area contributed by atoms with Crippen molar-refractivity contribution in [2.45, 2.75) is 57.8 Å². The van der Waals surface area contributed by atoms with Crippen LogP contribution in [0, 0.1) is 0 Å². The summed E-state index contributed by atoms with van der Waals surface area (Å²) in [4.78, 5) is 2.30. The SMILES string of the molecule is NCN(CCCCCO)CCCCCCCCO. The third kappa shape index (κ3) is 12.3. The molecule has 0 atom stereocenters. The van der Waals surface area contributed by atoms with Crippen LogP contribution in [0.5, 0.6) is 0 Å². The maximum atomic E-state index is 8.70. The molecule has 0 saturated carbocycles. The van der Waals surface area contributed by atoms with Gasteiger partial charge in [0.15, 0.2) is 0 Å². The second-order valence-corrected chi connectivity index (χ2v) is 4.93. The maximum Gasteiger partial charge on any atom is 0.0455 e. The minimum atomic E-state index is 0.302. The van der Waals surface area contributed by atoms with E-state index in [9.17, 15) is 0 Å². The van der Waals surface area contributed by atoms with E-state index >= 15 is 0 Å². The van der Waals surface area contributed by atoms with Crippen molar-refractivity contribution >= 4 is 0 Å². The van der Waals surface area contributed by atoms with E-state index in [1.54, 1.807) is 0 Å². The summed E-state index contributed by atoms with van der Waals surface area (Å²) in [6.07, 6.45) is 10.2. The van der Waals surface area contributed by atoms with Gasteiger partial charge in [0.1, 0.15) is 0 Å². The molecule has 0 aromatic carbocycles. The third-order valence-corrected chi connectivity index (χ3v) is 3.27. The van der Waals surface area contributed by atoms with Crippen molar-refractivity contribution in [2.75, 3.05) is 33.0 Å². The highest BCUT2D eigenvalue weighted by molar-refractivity contribution is 4.56. The van der Waals surface area contributed by atoms with E-state index in [-0.39, 0.29) is 0 Å². The molecule has 0 unspecified atom stereocenters. The van der Waals surface area contributed by atoms with Crippen LogP contribution in [-0.2, 0) is 0 Å². The van der Waals surface area contributed by atoms with Gasteiger partial charge in [0.05, 0.1) is 0 Å². The van der Waals surface area contributed by atoms with Gasteiger partial charge in [0.2, 0.25) is 0 Å². The van der Waals surface area contributed by atoms with Crippen molar-refractivity contribution in [1.29, 1.82) is 0 Å². The van der Waals surface area contributed by atoms with Crippen LogP contribution in [0.2, 0.25) is 0 Å². The molecule has 0 rings (SSSR count). The zero-order chi connectivity index (χ0) is 13.5. The highest BCUT2D eigenvalue weighted by atomic mass is 16.3. The van der Waals surface area contributed by atoms with Gasteiger partial charge in [-0.3, -0.25) is 4.90 Å². The molecule has 0 aliphatic rings. The number of hydrogen-bond donors (Lipinski definition) is 3. The van der Waals surface area contributed by atoms with E-state index in [0.29, 0.717) is 19.9 Å². The van der Waals surface area contributed by atoms with E-state index in [4.69, 9.17) is 15.9 Å². The average Bonchev–Trinajstić information content (AvgIpc) is 2.40. The quantitative estimate of drug-likeness (QED) is 0.328. The summed E-state index contributed by atoms with van der Waals surface area (Å²) in [5, 5.41) is 17.4. The molecule has 0 aliphatic carbocycles. The molecular weight excluding hydrogens is 228 g/mol. The van der Waals surface area contributed by atoms with Gasteiger partial charge in [0, 0.05) is 19.9 Å². The minimum Gasteiger partial charge on any atom is -0.396 e. The fourth-order valence-corrected chi connectivity index (χ4v) is 2.07. The summed E-state index contributed by atoms with van der Waals surface area (Å²) in [5.41, 5.74) is 5.72. The Morgan fingerprint density at radius 3 is 1.44 bits per heavy atom. The Balaban J connectivity index is 3.27. The Hall–Kier alpha value is -0.160. The Bertz CT molecular complexity index is 157. The van der Waals surface area contributed by atoms with Gasteiger partial charge in [0.25, 0.3) is 0 Å². The van der Waals surface area contributed by atoms with Crippen LogP contribution in [0.4, 0.5) is 0 Å². The first-order valence-corrected chi connectivity index (χ1v) is 7.49. The predicted molar refractivity (Wildman–Crippen MR) is 76.4 cm³/mol. The molecule has 110 valence electrons. The maximum absolute atomic E-state index is 8.70. The standard InChI is InChI=1S/C14H32N2O2/c15-14-16(11-7-5-9-13-18)10-6-3-1-2-4-8-12-17/h17-18H,1-15H2. The third-order valence-electron chi connectivity index (χ3n) is 3.27. The molecule has 4 nitrogen and oxygen atoms in total. The lowest BCUT2D eigenvalue weighted by Crippen LogP contribution is -2.31. The molecule has 0 aromatic rings. The number of nitrogens with zero attached hydrogens (tertiary/aromatic N) is 1. The molecule has 18 heavy (non-hydrogen) atoms. The van der Waals surface area contributed by atoms with Crippen molar-refractivity contribution in [1.82, 2.24) is 4.90 Å². The summed E-state index contributed by atoms with van der Waals surface area (Å²) in [7, 11) is 0. The zero-order valence-electron chi connectivity index (χ0n) is 11.8. The lowest BCUT2D eigenvalue weighted by atomic mass is 10.1. The van der Waals surface area contributed by atoms with Crippen LogP contribution in [0.15, 0.2) is 0 Å². The number of unbranched alkanes of at least 4 members (excludes halogenated alkanes) is 7. The summed E-state index contributed by atoms with van der Waals surface area (Å²) in [6.45, 7) is 3.42. The second kappa shape index (κ2) is 14.9. The van der Waals surface area contributed by atoms with Crippen LogP contribution >= 0.6 is 0 Å². The topological polar surface area (TPSA) is 69.7 Å². The highest BCUT2D eigenvalue weighted by Gasteiger charge is 2.01. The van der Waals surface area contributed by atoms with Crippen LogP contribution in [-0.4, -0.2) is 48.1 Å². The smallest absolute Gasteiger partial charge is 0.0455 e. The van der Waals surface area contributed by atoms with E-state index in [0.717, 1.165) is 45.2 Å². The van der Waals surface area contributed by atoms with Crippen molar-refractivity contribution < 1.29 is 10.2 Å². The van der Waals surface area contributed by atoms with Crippen LogP contribution in [0.25, 0.3) is 0 Å². The van der Waals surface area contributed by atoms with Crippen molar-refractivity contribution in [3.05, 3.63) is 0 Å². The van der Waals surface area contributed by atoms with Crippen molar-refractivity contribution in [2.24, 2.45) is 5.73 Å². The normalized spacial score (nSPS) is 11.3. The fourth-order valence-electron chi connectivity index (χ4n) is 2.07. The second-order valence-electron chi connectivity index (χ2n) is 4.93. The van der Waals surface area contributed by atoms with Crippen molar-refractivity contribution in [3.63, 3.8) is 0 Å². The molecule has 0 bridgehead atoms.